The van der Waals surface area contributed by atoms with E-state index in [-0.39, 0.29) is 6.10 Å². The molecule has 0 saturated heterocycles. The van der Waals surface area contributed by atoms with Crippen LogP contribution < -0.4 is 5.32 Å². The Kier molecular flexibility index (Phi) is 6.86. The lowest BCUT2D eigenvalue weighted by atomic mass is 10.1. The van der Waals surface area contributed by atoms with Crippen LogP contribution >= 0.6 is 0 Å². The maximum Gasteiger partial charge on any atom is 0.0784 e. The lowest BCUT2D eigenvalue weighted by Crippen LogP contribution is -2.16. The maximum absolute atomic E-state index is 5.74. The molecule has 0 spiro atoms. The number of ether oxygens (including phenoxy) is 2. The molecule has 17 heavy (non-hydrogen) atoms. The Hall–Kier alpha value is -0.900. The highest BCUT2D eigenvalue weighted by molar-refractivity contribution is 5.26. The molecule has 1 rings (SSSR count). The van der Waals surface area contributed by atoms with Crippen LogP contribution in [0, 0.1) is 0 Å². The van der Waals surface area contributed by atoms with Gasteiger partial charge < -0.3 is 14.8 Å². The summed E-state index contributed by atoms with van der Waals surface area (Å²) in [7, 11) is 3.67. The van der Waals surface area contributed by atoms with Crippen molar-refractivity contribution in [1.29, 1.82) is 0 Å². The first-order valence-electron chi connectivity index (χ1n) is 6.09. The zero-order chi connectivity index (χ0) is 12.5. The third-order valence-electron chi connectivity index (χ3n) is 2.69. The van der Waals surface area contributed by atoms with Crippen molar-refractivity contribution in [2.45, 2.75) is 26.1 Å². The van der Waals surface area contributed by atoms with Crippen LogP contribution in [-0.4, -0.2) is 33.4 Å². The minimum absolute atomic E-state index is 0.136. The molecule has 1 N–H and O–H groups in total. The van der Waals surface area contributed by atoms with Crippen LogP contribution in [-0.2, 0) is 22.5 Å². The van der Waals surface area contributed by atoms with E-state index in [0.717, 1.165) is 13.0 Å². The summed E-state index contributed by atoms with van der Waals surface area (Å²) in [5.41, 5.74) is 2.62. The Balaban J connectivity index is 2.51. The van der Waals surface area contributed by atoms with Crippen molar-refractivity contribution in [1.82, 2.24) is 5.32 Å². The standard InChI is InChI=1S/C14H23NO2/c1-12(10-16-3)17-11-14-7-5-4-6-13(14)8-9-15-2/h4-7,12,15H,8-11H2,1-3H3. The summed E-state index contributed by atoms with van der Waals surface area (Å²) in [4.78, 5) is 0. The second kappa shape index (κ2) is 8.23. The molecule has 0 heterocycles. The Morgan fingerprint density at radius 3 is 2.59 bits per heavy atom. The molecule has 0 amide bonds. The molecule has 1 atom stereocenters. The van der Waals surface area contributed by atoms with Crippen molar-refractivity contribution in [3.8, 4) is 0 Å². The number of rotatable bonds is 8. The predicted octanol–water partition coefficient (Wildman–Crippen LogP) is 2.00. The molecule has 0 aliphatic carbocycles. The van der Waals surface area contributed by atoms with Gasteiger partial charge in [-0.1, -0.05) is 24.3 Å². The third kappa shape index (κ3) is 5.31. The van der Waals surface area contributed by atoms with Crippen molar-refractivity contribution in [2.24, 2.45) is 0 Å². The van der Waals surface area contributed by atoms with Crippen molar-refractivity contribution < 1.29 is 9.47 Å². The molecule has 3 heteroatoms. The summed E-state index contributed by atoms with van der Waals surface area (Å²) >= 11 is 0. The molecule has 0 radical (unpaired) electrons. The Morgan fingerprint density at radius 2 is 1.94 bits per heavy atom. The summed E-state index contributed by atoms with van der Waals surface area (Å²) in [6.45, 7) is 4.31. The smallest absolute Gasteiger partial charge is 0.0784 e. The van der Waals surface area contributed by atoms with Crippen molar-refractivity contribution in [2.75, 3.05) is 27.3 Å². The molecule has 96 valence electrons. The van der Waals surface area contributed by atoms with Gasteiger partial charge in [0.2, 0.25) is 0 Å². The highest BCUT2D eigenvalue weighted by Gasteiger charge is 2.05. The number of hydrogen-bond acceptors (Lipinski definition) is 3. The van der Waals surface area contributed by atoms with E-state index in [1.54, 1.807) is 7.11 Å². The van der Waals surface area contributed by atoms with Gasteiger partial charge in [-0.15, -0.1) is 0 Å². The summed E-state index contributed by atoms with van der Waals surface area (Å²) in [6.07, 6.45) is 1.17. The van der Waals surface area contributed by atoms with Gasteiger partial charge in [-0.3, -0.25) is 0 Å². The molecule has 0 aliphatic rings. The number of hydrogen-bond donors (Lipinski definition) is 1. The zero-order valence-corrected chi connectivity index (χ0v) is 11.0. The van der Waals surface area contributed by atoms with Gasteiger partial charge in [0.15, 0.2) is 0 Å². The van der Waals surface area contributed by atoms with E-state index in [1.807, 2.05) is 14.0 Å². The van der Waals surface area contributed by atoms with E-state index in [0.29, 0.717) is 13.2 Å². The van der Waals surface area contributed by atoms with Crippen LogP contribution in [0.1, 0.15) is 18.1 Å². The Morgan fingerprint density at radius 1 is 1.24 bits per heavy atom. The Labute approximate surface area is 104 Å². The van der Waals surface area contributed by atoms with E-state index in [9.17, 15) is 0 Å². The highest BCUT2D eigenvalue weighted by atomic mass is 16.5. The van der Waals surface area contributed by atoms with E-state index in [4.69, 9.17) is 9.47 Å². The van der Waals surface area contributed by atoms with E-state index < -0.39 is 0 Å². The summed E-state index contributed by atoms with van der Waals surface area (Å²) < 4.78 is 10.8. The molecule has 0 bridgehead atoms. The van der Waals surface area contributed by atoms with E-state index >= 15 is 0 Å². The first-order valence-corrected chi connectivity index (χ1v) is 6.09. The number of likely N-dealkylation sites (N-methyl/N-ethyl adjacent to an activating group) is 1. The maximum atomic E-state index is 5.74. The predicted molar refractivity (Wildman–Crippen MR) is 70.2 cm³/mol. The largest absolute Gasteiger partial charge is 0.382 e. The minimum atomic E-state index is 0.136. The van der Waals surface area contributed by atoms with Crippen LogP contribution in [0.5, 0.6) is 0 Å². The SMILES string of the molecule is CNCCc1ccccc1COC(C)COC. The molecule has 1 aromatic rings. The molecule has 3 nitrogen and oxygen atoms in total. The fourth-order valence-electron chi connectivity index (χ4n) is 1.72. The monoisotopic (exact) mass is 237 g/mol. The van der Waals surface area contributed by atoms with Crippen LogP contribution in [0.25, 0.3) is 0 Å². The van der Waals surface area contributed by atoms with Gasteiger partial charge in [0.25, 0.3) is 0 Å². The minimum Gasteiger partial charge on any atom is -0.382 e. The molecule has 0 aliphatic heterocycles. The summed E-state index contributed by atoms with van der Waals surface area (Å²) in [5.74, 6) is 0. The molecule has 1 unspecified atom stereocenters. The quantitative estimate of drug-likeness (QED) is 0.750. The second-order valence-corrected chi connectivity index (χ2v) is 4.20. The van der Waals surface area contributed by atoms with Gasteiger partial charge >= 0.3 is 0 Å². The van der Waals surface area contributed by atoms with Crippen LogP contribution in [0.3, 0.4) is 0 Å². The average Bonchev–Trinajstić information content (AvgIpc) is 2.35. The van der Waals surface area contributed by atoms with Gasteiger partial charge in [0.1, 0.15) is 0 Å². The van der Waals surface area contributed by atoms with Crippen LogP contribution in [0.4, 0.5) is 0 Å². The highest BCUT2D eigenvalue weighted by Crippen LogP contribution is 2.11. The number of methoxy groups -OCH3 is 1. The van der Waals surface area contributed by atoms with Gasteiger partial charge in [0, 0.05) is 7.11 Å². The molecular weight excluding hydrogens is 214 g/mol. The zero-order valence-electron chi connectivity index (χ0n) is 11.0. The van der Waals surface area contributed by atoms with Crippen LogP contribution in [0.15, 0.2) is 24.3 Å². The number of nitrogens with one attached hydrogen (secondary N) is 1. The third-order valence-corrected chi connectivity index (χ3v) is 2.69. The number of benzene rings is 1. The molecule has 0 saturated carbocycles. The molecule has 0 aromatic heterocycles. The molecular formula is C14H23NO2. The van der Waals surface area contributed by atoms with E-state index in [1.165, 1.54) is 11.1 Å². The van der Waals surface area contributed by atoms with Gasteiger partial charge in [-0.05, 0) is 38.1 Å². The fraction of sp³-hybridized carbons (Fsp3) is 0.571. The first kappa shape index (κ1) is 14.2. The van der Waals surface area contributed by atoms with Crippen molar-refractivity contribution >= 4 is 0 Å². The summed E-state index contributed by atoms with van der Waals surface area (Å²) in [6, 6.07) is 8.43. The van der Waals surface area contributed by atoms with Crippen molar-refractivity contribution in [3.05, 3.63) is 35.4 Å². The first-order chi connectivity index (χ1) is 8.27. The molecule has 1 aromatic carbocycles. The lowest BCUT2D eigenvalue weighted by molar-refractivity contribution is -0.000365. The average molecular weight is 237 g/mol. The fourth-order valence-corrected chi connectivity index (χ4v) is 1.72. The van der Waals surface area contributed by atoms with Crippen molar-refractivity contribution in [3.63, 3.8) is 0 Å². The molecule has 0 fully saturated rings. The summed E-state index contributed by atoms with van der Waals surface area (Å²) in [5, 5.41) is 3.17. The topological polar surface area (TPSA) is 30.5 Å². The van der Waals surface area contributed by atoms with Gasteiger partial charge in [-0.2, -0.15) is 0 Å². The lowest BCUT2D eigenvalue weighted by Gasteiger charge is -2.14. The van der Waals surface area contributed by atoms with Gasteiger partial charge in [0.05, 0.1) is 19.3 Å². The normalized spacial score (nSPS) is 12.6. The van der Waals surface area contributed by atoms with Crippen LogP contribution in [0.2, 0.25) is 0 Å². The van der Waals surface area contributed by atoms with E-state index in [2.05, 4.69) is 29.6 Å². The van der Waals surface area contributed by atoms with Gasteiger partial charge in [-0.25, -0.2) is 0 Å². The second-order valence-electron chi connectivity index (χ2n) is 4.20. The Bertz CT molecular complexity index is 315.